The van der Waals surface area contributed by atoms with Crippen LogP contribution in [0.25, 0.3) is 56.5 Å². The van der Waals surface area contributed by atoms with Crippen molar-refractivity contribution in [3.63, 3.8) is 0 Å². The highest BCUT2D eigenvalue weighted by Crippen LogP contribution is 2.49. The standard InChI is InChI=1S/C33H36N2O5.C32H34N2O5/c1-38-32(37)24-11-12-27-28(20-24)35-21-25(31(36)34-15-13-33(14-16-34)39-17-18-40-33)19-23-9-5-6-10-26(23)30(35)29(27)22-7-3-2-4-8-22;35-30(33-14-12-32(13-15-33)38-16-17-39-32)24-18-22-8-4-5-9-25(22)29-28(21-6-2-1-3-7-21)26-11-10-23(31(36)37)19-27(26)34(29)20-24/h5-6,9-12,19-20,22H,2-4,7-8,13-18,21H2,1H3;4-5,8-11,18-19,21H,1-3,6-7,12-17,20H2,(H,36,37). The smallest absolute Gasteiger partial charge is 0.337 e. The number of benzene rings is 4. The van der Waals surface area contributed by atoms with Gasteiger partial charge in [-0.15, -0.1) is 0 Å². The van der Waals surface area contributed by atoms with Crippen LogP contribution < -0.4 is 0 Å². The number of fused-ring (bicyclic) bond motifs is 10. The molecular formula is C65H70N4O10. The van der Waals surface area contributed by atoms with Gasteiger partial charge in [-0.25, -0.2) is 9.59 Å². The van der Waals surface area contributed by atoms with Gasteiger partial charge in [0.05, 0.1) is 69.1 Å². The van der Waals surface area contributed by atoms with E-state index in [4.69, 9.17) is 23.7 Å². The zero-order valence-electron chi connectivity index (χ0n) is 45.3. The van der Waals surface area contributed by atoms with Gasteiger partial charge in [-0.2, -0.15) is 0 Å². The molecule has 2 amide bonds. The van der Waals surface area contributed by atoms with E-state index in [0.29, 0.717) is 109 Å². The number of aromatic carboxylic acids is 1. The Bertz CT molecular complexity index is 3430. The van der Waals surface area contributed by atoms with Crippen molar-refractivity contribution in [3.05, 3.63) is 129 Å². The van der Waals surface area contributed by atoms with Crippen LogP contribution in [0.15, 0.2) is 96.1 Å². The molecule has 79 heavy (non-hydrogen) atoms. The molecule has 4 saturated heterocycles. The number of carbonyl (C=O) groups excluding carboxylic acids is 3. The molecule has 6 aromatic rings. The molecule has 2 saturated carbocycles. The fourth-order valence-electron chi connectivity index (χ4n) is 14.5. The zero-order chi connectivity index (χ0) is 53.8. The Morgan fingerprint density at radius 3 is 1.35 bits per heavy atom. The maximum atomic E-state index is 14.1. The number of carbonyl (C=O) groups is 4. The van der Waals surface area contributed by atoms with Gasteiger partial charge in [-0.1, -0.05) is 99.2 Å². The Labute approximate surface area is 460 Å². The number of methoxy groups -OCH3 is 1. The summed E-state index contributed by atoms with van der Waals surface area (Å²) < 4.78 is 33.1. The van der Waals surface area contributed by atoms with Crippen molar-refractivity contribution in [2.75, 3.05) is 59.7 Å². The van der Waals surface area contributed by atoms with Crippen LogP contribution in [0.1, 0.15) is 145 Å². The van der Waals surface area contributed by atoms with Crippen LogP contribution >= 0.6 is 0 Å². The van der Waals surface area contributed by atoms with E-state index in [-0.39, 0.29) is 23.3 Å². The predicted molar refractivity (Wildman–Crippen MR) is 302 cm³/mol. The average Bonchev–Trinajstić information content (AvgIpc) is 4.32. The minimum Gasteiger partial charge on any atom is -0.478 e. The zero-order valence-corrected chi connectivity index (χ0v) is 45.3. The van der Waals surface area contributed by atoms with E-state index >= 15 is 0 Å². The molecular weight excluding hydrogens is 997 g/mol. The summed E-state index contributed by atoms with van der Waals surface area (Å²) in [5.74, 6) is -1.39. The van der Waals surface area contributed by atoms with Crippen LogP contribution in [0.3, 0.4) is 0 Å². The number of carboxylic acids is 1. The second-order valence-corrected chi connectivity index (χ2v) is 22.9. The Hall–Kier alpha value is -6.84. The van der Waals surface area contributed by atoms with E-state index in [1.807, 2.05) is 40.1 Å². The SMILES string of the molecule is COC(=O)c1ccc2c(C3CCCCC3)c3n(c2c1)CC(C(=O)N1CCC2(CC1)OCCO2)=Cc1ccccc1-3.O=C(O)c1ccc2c(C3CCCCC3)c3n(c2c1)CC(C(=O)N1CCC2(CC1)OCCO2)=Cc1ccccc1-3. The minimum absolute atomic E-state index is 0.0287. The third-order valence-corrected chi connectivity index (χ3v) is 18.5. The average molecular weight is 1070 g/mol. The molecule has 14 nitrogen and oxygen atoms in total. The second-order valence-electron chi connectivity index (χ2n) is 22.9. The van der Waals surface area contributed by atoms with Crippen molar-refractivity contribution in [3.8, 4) is 22.5 Å². The number of esters is 1. The minimum atomic E-state index is -0.939. The highest BCUT2D eigenvalue weighted by molar-refractivity contribution is 6.05. The van der Waals surface area contributed by atoms with Gasteiger partial charge in [0.15, 0.2) is 11.6 Å². The number of rotatable bonds is 6. The Morgan fingerprint density at radius 2 is 0.937 bits per heavy atom. The Morgan fingerprint density at radius 1 is 0.532 bits per heavy atom. The van der Waals surface area contributed by atoms with Crippen LogP contribution in [0, 0.1) is 0 Å². The van der Waals surface area contributed by atoms with Gasteiger partial charge in [0.25, 0.3) is 11.8 Å². The van der Waals surface area contributed by atoms with Crippen molar-refractivity contribution in [2.24, 2.45) is 0 Å². The largest absolute Gasteiger partial charge is 0.478 e. The van der Waals surface area contributed by atoms with E-state index in [1.165, 1.54) is 67.8 Å². The first-order valence-electron chi connectivity index (χ1n) is 29.0. The van der Waals surface area contributed by atoms with Crippen LogP contribution in [-0.2, 0) is 46.4 Å². The molecule has 410 valence electrons. The van der Waals surface area contributed by atoms with E-state index < -0.39 is 17.5 Å². The van der Waals surface area contributed by atoms with Gasteiger partial charge in [-0.05, 0) is 96.2 Å². The first-order chi connectivity index (χ1) is 38.6. The molecule has 0 atom stereocenters. The summed E-state index contributed by atoms with van der Waals surface area (Å²) in [7, 11) is 1.42. The summed E-state index contributed by atoms with van der Waals surface area (Å²) in [6.45, 7) is 5.72. The van der Waals surface area contributed by atoms with Crippen molar-refractivity contribution in [1.82, 2.24) is 18.9 Å². The van der Waals surface area contributed by atoms with Gasteiger partial charge < -0.3 is 47.7 Å². The monoisotopic (exact) mass is 1070 g/mol. The number of piperidine rings is 2. The first kappa shape index (κ1) is 51.6. The Balaban J connectivity index is 0.000000150. The molecule has 1 N–H and O–H groups in total. The highest BCUT2D eigenvalue weighted by atomic mass is 16.7. The van der Waals surface area contributed by atoms with Crippen molar-refractivity contribution < 1.29 is 48.0 Å². The van der Waals surface area contributed by atoms with Gasteiger partial charge >= 0.3 is 11.9 Å². The third-order valence-electron chi connectivity index (χ3n) is 18.5. The molecule has 2 aromatic heterocycles. The van der Waals surface area contributed by atoms with E-state index in [2.05, 4.69) is 63.8 Å². The number of amides is 2. The number of likely N-dealkylation sites (tertiary alicyclic amines) is 2. The Kier molecular flexibility index (Phi) is 13.9. The lowest BCUT2D eigenvalue weighted by atomic mass is 9.81. The molecule has 4 aromatic carbocycles. The summed E-state index contributed by atoms with van der Waals surface area (Å²) in [4.78, 5) is 56.5. The van der Waals surface area contributed by atoms with Gasteiger partial charge in [0.1, 0.15) is 0 Å². The number of hydrogen-bond acceptors (Lipinski definition) is 9. The van der Waals surface area contributed by atoms with Crippen molar-refractivity contribution in [2.45, 2.75) is 126 Å². The van der Waals surface area contributed by atoms with E-state index in [1.54, 1.807) is 12.1 Å². The second kappa shape index (κ2) is 21.3. The van der Waals surface area contributed by atoms with Crippen LogP contribution in [0.2, 0.25) is 0 Å². The van der Waals surface area contributed by atoms with Gasteiger partial charge in [-0.3, -0.25) is 9.59 Å². The molecule has 0 bridgehead atoms. The lowest BCUT2D eigenvalue weighted by Gasteiger charge is -2.37. The molecule has 8 heterocycles. The first-order valence-corrected chi connectivity index (χ1v) is 29.0. The quantitative estimate of drug-likeness (QED) is 0.160. The van der Waals surface area contributed by atoms with Crippen LogP contribution in [0.4, 0.5) is 0 Å². The van der Waals surface area contributed by atoms with Gasteiger partial charge in [0.2, 0.25) is 0 Å². The number of ether oxygens (including phenoxy) is 5. The van der Waals surface area contributed by atoms with E-state index in [0.717, 1.165) is 81.2 Å². The normalized spacial score (nSPS) is 20.8. The molecule has 2 spiro atoms. The summed E-state index contributed by atoms with van der Waals surface area (Å²) in [5.41, 5.74) is 13.5. The number of aromatic nitrogens is 2. The molecule has 14 rings (SSSR count). The van der Waals surface area contributed by atoms with Crippen LogP contribution in [0.5, 0.6) is 0 Å². The molecule has 6 aliphatic heterocycles. The highest BCUT2D eigenvalue weighted by Gasteiger charge is 2.43. The molecule has 14 heteroatoms. The summed E-state index contributed by atoms with van der Waals surface area (Å²) in [5, 5.41) is 12.1. The predicted octanol–water partition coefficient (Wildman–Crippen LogP) is 11.7. The number of hydrogen-bond donors (Lipinski definition) is 1. The molecule has 6 fully saturated rings. The number of carboxylic acid groups (broad SMARTS) is 1. The number of nitrogens with zero attached hydrogens (tertiary/aromatic N) is 4. The molecule has 8 aliphatic rings. The third kappa shape index (κ3) is 9.51. The van der Waals surface area contributed by atoms with Crippen molar-refractivity contribution in [1.29, 1.82) is 0 Å². The molecule has 0 unspecified atom stereocenters. The van der Waals surface area contributed by atoms with Crippen molar-refractivity contribution >= 4 is 57.7 Å². The lowest BCUT2D eigenvalue weighted by Crippen LogP contribution is -2.47. The summed E-state index contributed by atoms with van der Waals surface area (Å²) >= 11 is 0. The maximum Gasteiger partial charge on any atom is 0.337 e. The maximum absolute atomic E-state index is 14.1. The fraction of sp³-hybridized carbons (Fsp3) is 0.446. The van der Waals surface area contributed by atoms with Crippen LogP contribution in [-0.4, -0.2) is 119 Å². The fourth-order valence-corrected chi connectivity index (χ4v) is 14.5. The molecule has 2 aliphatic carbocycles. The van der Waals surface area contributed by atoms with E-state index in [9.17, 15) is 24.3 Å². The summed E-state index contributed by atoms with van der Waals surface area (Å²) in [6.07, 6.45) is 18.8. The summed E-state index contributed by atoms with van der Waals surface area (Å²) in [6, 6.07) is 28.2. The van der Waals surface area contributed by atoms with Gasteiger partial charge in [0, 0.05) is 95.9 Å². The molecule has 0 radical (unpaired) electrons. The lowest BCUT2D eigenvalue weighted by molar-refractivity contribution is -0.187. The topological polar surface area (TPSA) is 151 Å².